The zero-order valence-electron chi connectivity index (χ0n) is 29.9. The van der Waals surface area contributed by atoms with E-state index in [-0.39, 0.29) is 22.7 Å². The first-order chi connectivity index (χ1) is 25.3. The van der Waals surface area contributed by atoms with Gasteiger partial charge in [0.15, 0.2) is 12.1 Å². The molecule has 52 heavy (non-hydrogen) atoms. The van der Waals surface area contributed by atoms with Gasteiger partial charge in [0.1, 0.15) is 5.82 Å². The minimum atomic E-state index is -0.280. The van der Waals surface area contributed by atoms with Crippen molar-refractivity contribution in [1.82, 2.24) is 0 Å². The highest BCUT2D eigenvalue weighted by molar-refractivity contribution is 6.15. The number of aryl methyl sites for hydroxylation is 1. The third kappa shape index (κ3) is 9.12. The lowest BCUT2D eigenvalue weighted by Crippen LogP contribution is -2.23. The molecule has 2 nitrogen and oxygen atoms in total. The van der Waals surface area contributed by atoms with Crippen LogP contribution in [0.3, 0.4) is 0 Å². The molecular formula is C49H43FO2. The summed E-state index contributed by atoms with van der Waals surface area (Å²) in [6.45, 7) is 15.1. The third-order valence-electron chi connectivity index (χ3n) is 9.04. The zero-order valence-corrected chi connectivity index (χ0v) is 29.9. The Kier molecular flexibility index (Phi) is 12.6. The topological polar surface area (TPSA) is 34.1 Å². The first-order valence-corrected chi connectivity index (χ1v) is 17.4. The van der Waals surface area contributed by atoms with Gasteiger partial charge < -0.3 is 0 Å². The Morgan fingerprint density at radius 1 is 0.885 bits per heavy atom. The van der Waals surface area contributed by atoms with Crippen molar-refractivity contribution in [2.75, 3.05) is 0 Å². The fraction of sp³-hybridized carbons (Fsp3) is 0.102. The molecule has 4 aromatic carbocycles. The molecule has 0 N–H and O–H groups in total. The second-order valence-corrected chi connectivity index (χ2v) is 12.7. The van der Waals surface area contributed by atoms with Crippen LogP contribution in [0.4, 0.5) is 4.39 Å². The summed E-state index contributed by atoms with van der Waals surface area (Å²) >= 11 is 0. The molecule has 1 aliphatic carbocycles. The van der Waals surface area contributed by atoms with E-state index in [1.807, 2.05) is 43.3 Å². The summed E-state index contributed by atoms with van der Waals surface area (Å²) in [5.41, 5.74) is 8.01. The number of carbonyl (C=O) groups excluding carboxylic acids is 2. The average Bonchev–Trinajstić information content (AvgIpc) is 3.17. The van der Waals surface area contributed by atoms with Crippen molar-refractivity contribution in [3.8, 4) is 0 Å². The summed E-state index contributed by atoms with van der Waals surface area (Å²) in [5.74, 6) is -0.528. The van der Waals surface area contributed by atoms with E-state index in [9.17, 15) is 14.0 Å². The Labute approximate surface area is 306 Å². The lowest BCUT2D eigenvalue weighted by atomic mass is 9.93. The van der Waals surface area contributed by atoms with Gasteiger partial charge in [-0.15, -0.1) is 6.58 Å². The van der Waals surface area contributed by atoms with E-state index >= 15 is 0 Å². The number of ketones is 1. The Hall–Kier alpha value is -6.19. The third-order valence-corrected chi connectivity index (χ3v) is 9.04. The molecule has 0 spiro atoms. The van der Waals surface area contributed by atoms with Gasteiger partial charge in [-0.2, -0.15) is 0 Å². The second-order valence-electron chi connectivity index (χ2n) is 12.7. The molecule has 0 saturated carbocycles. The van der Waals surface area contributed by atoms with Crippen molar-refractivity contribution in [1.29, 1.82) is 0 Å². The molecule has 3 heteroatoms. The van der Waals surface area contributed by atoms with Crippen molar-refractivity contribution >= 4 is 59.3 Å². The molecule has 0 saturated heterocycles. The summed E-state index contributed by atoms with van der Waals surface area (Å²) in [6.07, 6.45) is 25.9. The summed E-state index contributed by atoms with van der Waals surface area (Å²) in [5, 5.41) is 4.10. The fourth-order valence-electron chi connectivity index (χ4n) is 6.37. The minimum absolute atomic E-state index is 0.229. The van der Waals surface area contributed by atoms with Gasteiger partial charge in [-0.25, -0.2) is 4.39 Å². The molecule has 258 valence electrons. The number of allylic oxidation sites excluding steroid dienone is 11. The maximum absolute atomic E-state index is 14.2. The van der Waals surface area contributed by atoms with Crippen LogP contribution in [-0.4, -0.2) is 12.1 Å². The van der Waals surface area contributed by atoms with Gasteiger partial charge in [0.05, 0.1) is 0 Å². The van der Waals surface area contributed by atoms with E-state index in [4.69, 9.17) is 0 Å². The number of carbonyl (C=O) groups is 2. The quantitative estimate of drug-likeness (QED) is 0.0683. The van der Waals surface area contributed by atoms with Crippen LogP contribution < -0.4 is 10.4 Å². The molecule has 0 heterocycles. The Morgan fingerprint density at radius 3 is 2.42 bits per heavy atom. The van der Waals surface area contributed by atoms with Crippen LogP contribution in [0.2, 0.25) is 0 Å². The molecule has 0 unspecified atom stereocenters. The summed E-state index contributed by atoms with van der Waals surface area (Å²) in [4.78, 5) is 25.7. The van der Waals surface area contributed by atoms with Crippen molar-refractivity contribution in [3.05, 3.63) is 201 Å². The van der Waals surface area contributed by atoms with E-state index in [0.29, 0.717) is 18.3 Å². The van der Waals surface area contributed by atoms with E-state index in [0.717, 1.165) is 73.0 Å². The SMILES string of the molecule is C=CC/C(C=C)=C\C(C=O)=C(/C=C)C(=O)/C(C)=C\c1ccc(/C=C/C)c(\C=C2/C=c3\cccc\c3=C\C=C/c3cc4ccc(F)cc4cc3CC2)c1. The van der Waals surface area contributed by atoms with Gasteiger partial charge >= 0.3 is 0 Å². The molecule has 0 radical (unpaired) electrons. The Bertz CT molecular complexity index is 2390. The van der Waals surface area contributed by atoms with Crippen molar-refractivity contribution < 1.29 is 14.0 Å². The van der Waals surface area contributed by atoms with Crippen molar-refractivity contribution in [2.24, 2.45) is 0 Å². The van der Waals surface area contributed by atoms with Crippen LogP contribution in [0.25, 0.3) is 47.2 Å². The molecule has 0 amide bonds. The normalized spacial score (nSPS) is 16.6. The van der Waals surface area contributed by atoms with Gasteiger partial charge in [-0.05, 0) is 135 Å². The predicted octanol–water partition coefficient (Wildman–Crippen LogP) is 10.7. The standard InChI is InChI=1S/C49H43FO2/c1-6-13-35(8-3)26-46(33-51)48(9-4)49(52)34(5)25-36-19-21-38(14-7-2)44(28-36)29-37-20-22-42-31-45-32-47(50)24-23-43(45)30-41(42)18-12-17-39-15-10-11-16-40(39)27-37/h6-12,14-19,21,23-33H,1,3-4,13,20,22H2,2,5H3/b14-7+,18-12-,34-25-,35-26-,37-29-,39-17-,40-27+,48-46-. The number of hydrogen-bond acceptors (Lipinski definition) is 2. The van der Waals surface area contributed by atoms with Gasteiger partial charge in [-0.3, -0.25) is 9.59 Å². The first-order valence-electron chi connectivity index (χ1n) is 17.4. The number of fused-ring (bicyclic) bond motifs is 3. The highest BCUT2D eigenvalue weighted by atomic mass is 19.1. The van der Waals surface area contributed by atoms with E-state index in [1.54, 1.807) is 31.2 Å². The lowest BCUT2D eigenvalue weighted by Gasteiger charge is -2.11. The minimum Gasteiger partial charge on any atom is -0.298 e. The van der Waals surface area contributed by atoms with Gasteiger partial charge in [0.25, 0.3) is 0 Å². The number of aldehydes is 1. The molecular weight excluding hydrogens is 640 g/mol. The Balaban J connectivity index is 1.61. The molecule has 0 atom stereocenters. The van der Waals surface area contributed by atoms with Crippen LogP contribution in [-0.2, 0) is 16.0 Å². The van der Waals surface area contributed by atoms with E-state index in [1.165, 1.54) is 12.1 Å². The van der Waals surface area contributed by atoms with E-state index < -0.39 is 0 Å². The number of Topliss-reactive ketones (excluding diaryl/α,β-unsaturated/α-hetero) is 1. The van der Waals surface area contributed by atoms with Gasteiger partial charge in [0.2, 0.25) is 0 Å². The Morgan fingerprint density at radius 2 is 1.69 bits per heavy atom. The number of hydrogen-bond donors (Lipinski definition) is 0. The van der Waals surface area contributed by atoms with Crippen LogP contribution in [0.1, 0.15) is 54.5 Å². The molecule has 0 fully saturated rings. The monoisotopic (exact) mass is 682 g/mol. The van der Waals surface area contributed by atoms with Crippen molar-refractivity contribution in [2.45, 2.75) is 33.1 Å². The van der Waals surface area contributed by atoms with E-state index in [2.05, 4.69) is 92.6 Å². The molecule has 5 rings (SSSR count). The molecule has 0 aromatic heterocycles. The highest BCUT2D eigenvalue weighted by Crippen LogP contribution is 2.27. The predicted molar refractivity (Wildman–Crippen MR) is 220 cm³/mol. The molecule has 4 aromatic rings. The lowest BCUT2D eigenvalue weighted by molar-refractivity contribution is -0.112. The van der Waals surface area contributed by atoms with Gasteiger partial charge in [0, 0.05) is 11.1 Å². The van der Waals surface area contributed by atoms with Crippen molar-refractivity contribution in [3.63, 3.8) is 0 Å². The maximum Gasteiger partial charge on any atom is 0.189 e. The number of benzene rings is 4. The number of halogens is 1. The number of rotatable bonds is 11. The molecule has 0 aliphatic heterocycles. The smallest absolute Gasteiger partial charge is 0.189 e. The van der Waals surface area contributed by atoms with Crippen LogP contribution in [0.5, 0.6) is 0 Å². The summed E-state index contributed by atoms with van der Waals surface area (Å²) < 4.78 is 14.2. The molecule has 1 aliphatic rings. The average molecular weight is 683 g/mol. The summed E-state index contributed by atoms with van der Waals surface area (Å²) in [7, 11) is 0. The maximum atomic E-state index is 14.2. The fourth-order valence-corrected chi connectivity index (χ4v) is 6.37. The zero-order chi connectivity index (χ0) is 37.0. The summed E-state index contributed by atoms with van der Waals surface area (Å²) in [6, 6.07) is 23.6. The molecule has 0 bridgehead atoms. The largest absolute Gasteiger partial charge is 0.298 e. The first kappa shape index (κ1) is 37.1. The van der Waals surface area contributed by atoms with Crippen LogP contribution in [0, 0.1) is 5.82 Å². The highest BCUT2D eigenvalue weighted by Gasteiger charge is 2.14. The van der Waals surface area contributed by atoms with Crippen LogP contribution >= 0.6 is 0 Å². The van der Waals surface area contributed by atoms with Gasteiger partial charge in [-0.1, -0.05) is 122 Å². The second kappa shape index (κ2) is 17.6. The van der Waals surface area contributed by atoms with Crippen LogP contribution in [0.15, 0.2) is 157 Å².